The van der Waals surface area contributed by atoms with Crippen LogP contribution in [0.5, 0.6) is 5.75 Å². The highest BCUT2D eigenvalue weighted by Crippen LogP contribution is 2.30. The first-order valence-electron chi connectivity index (χ1n) is 9.23. The number of allylic oxidation sites excluding steroid dienone is 1. The highest BCUT2D eigenvalue weighted by atomic mass is 32.2. The van der Waals surface area contributed by atoms with Crippen LogP contribution in [0.2, 0.25) is 0 Å². The average Bonchev–Trinajstić information content (AvgIpc) is 3.13. The summed E-state index contributed by atoms with van der Waals surface area (Å²) < 4.78 is 8.02. The van der Waals surface area contributed by atoms with E-state index in [1.165, 1.54) is 11.8 Å². The number of amides is 1. The van der Waals surface area contributed by atoms with Gasteiger partial charge in [0.2, 0.25) is 5.91 Å². The van der Waals surface area contributed by atoms with Gasteiger partial charge in [-0.15, -0.1) is 16.8 Å². The molecule has 3 rings (SSSR count). The van der Waals surface area contributed by atoms with Gasteiger partial charge in [0, 0.05) is 26.2 Å². The molecule has 0 aliphatic carbocycles. The molecular weight excluding hydrogens is 384 g/mol. The van der Waals surface area contributed by atoms with E-state index in [4.69, 9.17) is 4.74 Å². The lowest BCUT2D eigenvalue weighted by molar-refractivity contribution is -0.125. The van der Waals surface area contributed by atoms with E-state index in [1.54, 1.807) is 25.1 Å². The van der Waals surface area contributed by atoms with Gasteiger partial charge in [0.1, 0.15) is 12.4 Å². The Kier molecular flexibility index (Phi) is 7.08. The molecule has 0 unspecified atom stereocenters. The first-order valence-corrected chi connectivity index (χ1v) is 10.2. The maximum atomic E-state index is 11.9. The van der Waals surface area contributed by atoms with Crippen molar-refractivity contribution in [2.24, 2.45) is 0 Å². The molecule has 0 fully saturated rings. The second kappa shape index (κ2) is 9.93. The minimum absolute atomic E-state index is 0.0257. The Morgan fingerprint density at radius 3 is 2.59 bits per heavy atom. The van der Waals surface area contributed by atoms with Crippen LogP contribution in [0.25, 0.3) is 11.1 Å². The second-order valence-corrected chi connectivity index (χ2v) is 7.47. The average molecular weight is 409 g/mol. The molecule has 1 aromatic heterocycles. The zero-order valence-electron chi connectivity index (χ0n) is 16.6. The largest absolute Gasteiger partial charge is 0.485 e. The fraction of sp³-hybridized carbons (Fsp3) is 0.227. The van der Waals surface area contributed by atoms with Crippen molar-refractivity contribution in [2.75, 3.05) is 19.8 Å². The van der Waals surface area contributed by atoms with Gasteiger partial charge in [0.15, 0.2) is 11.0 Å². The van der Waals surface area contributed by atoms with Crippen LogP contribution < -0.4 is 4.74 Å². The van der Waals surface area contributed by atoms with Crippen molar-refractivity contribution in [3.05, 3.63) is 73.1 Å². The number of nitrogens with zero attached hydrogens (tertiary/aromatic N) is 4. The summed E-state index contributed by atoms with van der Waals surface area (Å²) in [4.78, 5) is 13.4. The molecule has 1 heterocycles. The van der Waals surface area contributed by atoms with Crippen molar-refractivity contribution < 1.29 is 9.53 Å². The lowest BCUT2D eigenvalue weighted by Crippen LogP contribution is -2.23. The zero-order valence-corrected chi connectivity index (χ0v) is 17.4. The number of ether oxygens (including phenoxy) is 1. The highest BCUT2D eigenvalue weighted by Gasteiger charge is 2.15. The van der Waals surface area contributed by atoms with Crippen molar-refractivity contribution in [1.29, 1.82) is 0 Å². The van der Waals surface area contributed by atoms with E-state index >= 15 is 0 Å². The first-order chi connectivity index (χ1) is 14.1. The van der Waals surface area contributed by atoms with Crippen LogP contribution in [0, 0.1) is 0 Å². The van der Waals surface area contributed by atoms with Crippen LogP contribution in [-0.2, 0) is 17.9 Å². The summed E-state index contributed by atoms with van der Waals surface area (Å²) in [5, 5.41) is 9.18. The first kappa shape index (κ1) is 20.7. The molecule has 0 aliphatic rings. The zero-order chi connectivity index (χ0) is 20.6. The Morgan fingerprint density at radius 1 is 1.14 bits per heavy atom. The molecule has 0 aliphatic heterocycles. The normalized spacial score (nSPS) is 10.6. The van der Waals surface area contributed by atoms with Crippen molar-refractivity contribution in [1.82, 2.24) is 19.7 Å². The Morgan fingerprint density at radius 2 is 1.86 bits per heavy atom. The van der Waals surface area contributed by atoms with Crippen LogP contribution in [0.1, 0.15) is 5.82 Å². The minimum atomic E-state index is 0.0257. The minimum Gasteiger partial charge on any atom is -0.485 e. The number of rotatable bonds is 9. The molecule has 0 N–H and O–H groups in total. The fourth-order valence-electron chi connectivity index (χ4n) is 2.69. The molecule has 1 amide bonds. The predicted octanol–water partition coefficient (Wildman–Crippen LogP) is 3.89. The molecule has 0 saturated carbocycles. The van der Waals surface area contributed by atoms with E-state index in [9.17, 15) is 4.79 Å². The Labute approximate surface area is 175 Å². The molecule has 0 saturated heterocycles. The van der Waals surface area contributed by atoms with Crippen molar-refractivity contribution in [3.63, 3.8) is 0 Å². The molecule has 29 heavy (non-hydrogen) atoms. The summed E-state index contributed by atoms with van der Waals surface area (Å²) >= 11 is 1.36. The van der Waals surface area contributed by atoms with Gasteiger partial charge in [-0.25, -0.2) is 0 Å². The van der Waals surface area contributed by atoms with Gasteiger partial charge in [-0.2, -0.15) is 0 Å². The molecular formula is C22H24N4O2S. The summed E-state index contributed by atoms with van der Waals surface area (Å²) in [5.41, 5.74) is 2.11. The van der Waals surface area contributed by atoms with Gasteiger partial charge in [-0.05, 0) is 11.6 Å². The van der Waals surface area contributed by atoms with Gasteiger partial charge in [0.05, 0.1) is 5.75 Å². The molecule has 2 aromatic carbocycles. The quantitative estimate of drug-likeness (QED) is 0.397. The lowest BCUT2D eigenvalue weighted by atomic mass is 10.1. The number of carbonyl (C=O) groups excluding carboxylic acids is 1. The van der Waals surface area contributed by atoms with Gasteiger partial charge in [-0.3, -0.25) is 9.36 Å². The number of hydrogen-bond acceptors (Lipinski definition) is 5. The Balaban J connectivity index is 1.76. The third-order valence-corrected chi connectivity index (χ3v) is 5.21. The van der Waals surface area contributed by atoms with Crippen LogP contribution >= 0.6 is 11.8 Å². The molecule has 6 nitrogen and oxygen atoms in total. The summed E-state index contributed by atoms with van der Waals surface area (Å²) in [6, 6.07) is 18.0. The summed E-state index contributed by atoms with van der Waals surface area (Å²) in [7, 11) is 3.47. The SMILES string of the molecule is C=CCn1c(COc2ccccc2-c2ccccc2)nnc1SCC(=O)N(C)C. The predicted molar refractivity (Wildman–Crippen MR) is 116 cm³/mol. The number of aromatic nitrogens is 3. The van der Waals surface area contributed by atoms with E-state index < -0.39 is 0 Å². The molecule has 0 spiro atoms. The van der Waals surface area contributed by atoms with Crippen LogP contribution in [-0.4, -0.2) is 45.4 Å². The van der Waals surface area contributed by atoms with Crippen molar-refractivity contribution in [2.45, 2.75) is 18.3 Å². The third-order valence-electron chi connectivity index (χ3n) is 4.26. The third kappa shape index (κ3) is 5.26. The standard InChI is InChI=1S/C22H24N4O2S/c1-4-14-26-20(23-24-22(26)29-16-21(27)25(2)3)15-28-19-13-9-8-12-18(19)17-10-6-5-7-11-17/h4-13H,1,14-16H2,2-3H3. The number of thioether (sulfide) groups is 1. The van der Waals surface area contributed by atoms with Gasteiger partial charge in [-0.1, -0.05) is 66.4 Å². The maximum absolute atomic E-state index is 11.9. The topological polar surface area (TPSA) is 60.2 Å². The smallest absolute Gasteiger partial charge is 0.232 e. The molecule has 0 bridgehead atoms. The molecule has 0 atom stereocenters. The Hall–Kier alpha value is -3.06. The fourth-order valence-corrected chi connectivity index (χ4v) is 3.64. The number of benzene rings is 2. The summed E-state index contributed by atoms with van der Waals surface area (Å²) in [5.74, 6) is 1.80. The summed E-state index contributed by atoms with van der Waals surface area (Å²) in [6.07, 6.45) is 1.78. The lowest BCUT2D eigenvalue weighted by Gasteiger charge is -2.13. The second-order valence-electron chi connectivity index (χ2n) is 6.53. The van der Waals surface area contributed by atoms with Gasteiger partial charge < -0.3 is 9.64 Å². The molecule has 7 heteroatoms. The maximum Gasteiger partial charge on any atom is 0.232 e. The van der Waals surface area contributed by atoms with Crippen molar-refractivity contribution >= 4 is 17.7 Å². The van der Waals surface area contributed by atoms with E-state index in [2.05, 4.69) is 28.9 Å². The number of carbonyl (C=O) groups is 1. The van der Waals surface area contributed by atoms with E-state index in [-0.39, 0.29) is 12.5 Å². The Bertz CT molecular complexity index is 970. The van der Waals surface area contributed by atoms with Crippen LogP contribution in [0.3, 0.4) is 0 Å². The van der Waals surface area contributed by atoms with E-state index in [0.29, 0.717) is 23.3 Å². The molecule has 0 radical (unpaired) electrons. The van der Waals surface area contributed by atoms with E-state index in [1.807, 2.05) is 47.0 Å². The van der Waals surface area contributed by atoms with Crippen molar-refractivity contribution in [3.8, 4) is 16.9 Å². The molecule has 3 aromatic rings. The summed E-state index contributed by atoms with van der Waals surface area (Å²) in [6.45, 7) is 4.63. The van der Waals surface area contributed by atoms with Crippen LogP contribution in [0.4, 0.5) is 0 Å². The number of para-hydroxylation sites is 1. The van der Waals surface area contributed by atoms with Crippen LogP contribution in [0.15, 0.2) is 72.4 Å². The number of hydrogen-bond donors (Lipinski definition) is 0. The van der Waals surface area contributed by atoms with E-state index in [0.717, 1.165) is 16.9 Å². The van der Waals surface area contributed by atoms with Gasteiger partial charge in [0.25, 0.3) is 0 Å². The monoisotopic (exact) mass is 408 g/mol. The highest BCUT2D eigenvalue weighted by molar-refractivity contribution is 7.99. The van der Waals surface area contributed by atoms with Gasteiger partial charge >= 0.3 is 0 Å². The molecule has 150 valence electrons.